The molecule has 26 heavy (non-hydrogen) atoms. The molecule has 0 fully saturated rings. The number of nitrogens with zero attached hydrogens (tertiary/aromatic N) is 2. The summed E-state index contributed by atoms with van der Waals surface area (Å²) in [4.78, 5) is 16.1. The first kappa shape index (κ1) is 19.8. The van der Waals surface area contributed by atoms with Crippen LogP contribution in [0.15, 0.2) is 29.3 Å². The highest BCUT2D eigenvalue weighted by molar-refractivity contribution is 8.00. The predicted molar refractivity (Wildman–Crippen MR) is 94.0 cm³/mol. The lowest BCUT2D eigenvalue weighted by Gasteiger charge is -2.13. The van der Waals surface area contributed by atoms with Crippen LogP contribution in [0.2, 0.25) is 0 Å². The number of pyridine rings is 1. The van der Waals surface area contributed by atoms with E-state index in [-0.39, 0.29) is 22.4 Å². The molecule has 4 nitrogen and oxygen atoms in total. The van der Waals surface area contributed by atoms with E-state index in [1.165, 1.54) is 6.92 Å². The Kier molecular flexibility index (Phi) is 5.93. The number of hydrogen-bond donors (Lipinski definition) is 1. The van der Waals surface area contributed by atoms with Gasteiger partial charge in [-0.15, -0.1) is 0 Å². The molecule has 8 heteroatoms. The van der Waals surface area contributed by atoms with E-state index in [1.807, 2.05) is 19.9 Å². The summed E-state index contributed by atoms with van der Waals surface area (Å²) in [7, 11) is 0. The number of carbonyl (C=O) groups is 1. The van der Waals surface area contributed by atoms with Gasteiger partial charge in [-0.1, -0.05) is 23.9 Å². The van der Waals surface area contributed by atoms with Gasteiger partial charge in [0.2, 0.25) is 5.91 Å². The number of aromatic nitrogens is 1. The third-order valence-corrected chi connectivity index (χ3v) is 4.73. The van der Waals surface area contributed by atoms with Gasteiger partial charge in [-0.2, -0.15) is 18.4 Å². The number of amides is 1. The highest BCUT2D eigenvalue weighted by Gasteiger charge is 2.35. The molecule has 0 aliphatic heterocycles. The van der Waals surface area contributed by atoms with Gasteiger partial charge in [0.05, 0.1) is 16.9 Å². The largest absolute Gasteiger partial charge is 0.417 e. The smallest absolute Gasteiger partial charge is 0.325 e. The quantitative estimate of drug-likeness (QED) is 0.787. The number of benzene rings is 1. The van der Waals surface area contributed by atoms with E-state index in [2.05, 4.69) is 10.3 Å². The molecule has 2 aromatic rings. The van der Waals surface area contributed by atoms with Crippen LogP contribution in [0, 0.1) is 32.1 Å². The lowest BCUT2D eigenvalue weighted by molar-refractivity contribution is -0.138. The first-order valence-electron chi connectivity index (χ1n) is 7.61. The molecule has 0 radical (unpaired) electrons. The van der Waals surface area contributed by atoms with Crippen LogP contribution in [-0.2, 0) is 11.0 Å². The fourth-order valence-corrected chi connectivity index (χ4v) is 3.14. The van der Waals surface area contributed by atoms with Crippen molar-refractivity contribution in [3.05, 3.63) is 52.2 Å². The van der Waals surface area contributed by atoms with Gasteiger partial charge < -0.3 is 5.32 Å². The van der Waals surface area contributed by atoms with Crippen molar-refractivity contribution in [3.63, 3.8) is 0 Å². The van der Waals surface area contributed by atoms with Crippen LogP contribution >= 0.6 is 11.8 Å². The first-order valence-corrected chi connectivity index (χ1v) is 8.60. The second-order valence-corrected chi connectivity index (χ2v) is 6.65. The molecule has 1 amide bonds. The van der Waals surface area contributed by atoms with Gasteiger partial charge in [0, 0.05) is 11.4 Å². The van der Waals surface area contributed by atoms with Gasteiger partial charge in [0.1, 0.15) is 11.1 Å². The van der Waals surface area contributed by atoms with E-state index in [4.69, 9.17) is 5.26 Å². The Morgan fingerprint density at radius 2 is 2.00 bits per heavy atom. The highest BCUT2D eigenvalue weighted by atomic mass is 32.2. The van der Waals surface area contributed by atoms with Crippen molar-refractivity contribution < 1.29 is 18.0 Å². The summed E-state index contributed by atoms with van der Waals surface area (Å²) >= 11 is 0.808. The van der Waals surface area contributed by atoms with Crippen molar-refractivity contribution in [2.75, 3.05) is 11.1 Å². The van der Waals surface area contributed by atoms with E-state index in [1.54, 1.807) is 18.2 Å². The van der Waals surface area contributed by atoms with E-state index in [0.717, 1.165) is 29.0 Å². The Labute approximate surface area is 153 Å². The van der Waals surface area contributed by atoms with Crippen LogP contribution in [0.4, 0.5) is 18.9 Å². The Hall–Kier alpha value is -2.53. The van der Waals surface area contributed by atoms with E-state index < -0.39 is 17.3 Å². The minimum atomic E-state index is -4.66. The third-order valence-electron chi connectivity index (χ3n) is 3.75. The first-order chi connectivity index (χ1) is 12.1. The van der Waals surface area contributed by atoms with Gasteiger partial charge in [-0.05, 0) is 44.0 Å². The van der Waals surface area contributed by atoms with Crippen LogP contribution < -0.4 is 5.32 Å². The molecule has 1 heterocycles. The van der Waals surface area contributed by atoms with Gasteiger partial charge >= 0.3 is 6.18 Å². The molecule has 1 aromatic carbocycles. The van der Waals surface area contributed by atoms with E-state index >= 15 is 0 Å². The van der Waals surface area contributed by atoms with Crippen LogP contribution in [0.25, 0.3) is 0 Å². The molecule has 0 saturated heterocycles. The zero-order valence-corrected chi connectivity index (χ0v) is 15.2. The fraction of sp³-hybridized carbons (Fsp3) is 0.278. The molecule has 1 N–H and O–H groups in total. The highest BCUT2D eigenvalue weighted by Crippen LogP contribution is 2.35. The molecular formula is C18H16F3N3OS. The lowest BCUT2D eigenvalue weighted by Crippen LogP contribution is -2.16. The number of anilines is 1. The summed E-state index contributed by atoms with van der Waals surface area (Å²) in [6, 6.07) is 7.85. The molecule has 0 bridgehead atoms. The molecule has 2 rings (SSSR count). The maximum Gasteiger partial charge on any atom is 0.417 e. The minimum Gasteiger partial charge on any atom is -0.325 e. The SMILES string of the molecule is Cc1cc(C(F)(F)F)c(C#N)c(SCC(=O)Nc2cccc(C)c2C)n1. The normalized spacial score (nSPS) is 11.1. The van der Waals surface area contributed by atoms with Gasteiger partial charge in [0.15, 0.2) is 0 Å². The Bertz CT molecular complexity index is 888. The zero-order valence-electron chi connectivity index (χ0n) is 14.4. The molecule has 0 atom stereocenters. The molecule has 0 unspecified atom stereocenters. The molecular weight excluding hydrogens is 363 g/mol. The summed E-state index contributed by atoms with van der Waals surface area (Å²) in [6.07, 6.45) is -4.66. The molecule has 0 spiro atoms. The summed E-state index contributed by atoms with van der Waals surface area (Å²) in [5.41, 5.74) is 1.10. The monoisotopic (exact) mass is 379 g/mol. The summed E-state index contributed by atoms with van der Waals surface area (Å²) < 4.78 is 39.3. The third kappa shape index (κ3) is 4.55. The van der Waals surface area contributed by atoms with Gasteiger partial charge in [0.25, 0.3) is 0 Å². The molecule has 0 aliphatic rings. The van der Waals surface area contributed by atoms with Crippen molar-refractivity contribution in [2.24, 2.45) is 0 Å². The number of nitriles is 1. The number of hydrogen-bond acceptors (Lipinski definition) is 4. The topological polar surface area (TPSA) is 65.8 Å². The van der Waals surface area contributed by atoms with Crippen LogP contribution in [0.1, 0.15) is 27.9 Å². The summed E-state index contributed by atoms with van der Waals surface area (Å²) in [6.45, 7) is 5.19. The maximum atomic E-state index is 13.1. The number of carbonyl (C=O) groups excluding carboxylic acids is 1. The zero-order chi connectivity index (χ0) is 19.5. The number of nitrogens with one attached hydrogen (secondary N) is 1. The van der Waals surface area contributed by atoms with Crippen molar-refractivity contribution in [2.45, 2.75) is 32.0 Å². The minimum absolute atomic E-state index is 0.101. The van der Waals surface area contributed by atoms with Gasteiger partial charge in [-0.3, -0.25) is 4.79 Å². The number of thioether (sulfide) groups is 1. The average molecular weight is 379 g/mol. The van der Waals surface area contributed by atoms with Crippen molar-refractivity contribution in [1.82, 2.24) is 4.98 Å². The standard InChI is InChI=1S/C18H16F3N3OS/c1-10-5-4-6-15(12(10)3)24-16(25)9-26-17-13(8-22)14(18(19,20)21)7-11(2)23-17/h4-7H,9H2,1-3H3,(H,24,25). The van der Waals surface area contributed by atoms with Crippen LogP contribution in [-0.4, -0.2) is 16.6 Å². The maximum absolute atomic E-state index is 13.1. The molecule has 1 aromatic heterocycles. The number of halogens is 3. The Morgan fingerprint density at radius 3 is 2.62 bits per heavy atom. The van der Waals surface area contributed by atoms with Crippen LogP contribution in [0.3, 0.4) is 0 Å². The van der Waals surface area contributed by atoms with Crippen LogP contribution in [0.5, 0.6) is 0 Å². The van der Waals surface area contributed by atoms with E-state index in [9.17, 15) is 18.0 Å². The second kappa shape index (κ2) is 7.79. The van der Waals surface area contributed by atoms with Crippen molar-refractivity contribution in [1.29, 1.82) is 5.26 Å². The number of alkyl halides is 3. The molecule has 0 saturated carbocycles. The average Bonchev–Trinajstić information content (AvgIpc) is 2.56. The van der Waals surface area contributed by atoms with Crippen molar-refractivity contribution >= 4 is 23.4 Å². The molecule has 0 aliphatic carbocycles. The molecule has 136 valence electrons. The Morgan fingerprint density at radius 1 is 1.31 bits per heavy atom. The number of aryl methyl sites for hydroxylation is 2. The number of rotatable bonds is 4. The lowest BCUT2D eigenvalue weighted by atomic mass is 10.1. The summed E-state index contributed by atoms with van der Waals surface area (Å²) in [5.74, 6) is -0.542. The fourth-order valence-electron chi connectivity index (χ4n) is 2.29. The van der Waals surface area contributed by atoms with Gasteiger partial charge in [-0.25, -0.2) is 4.98 Å². The Balaban J connectivity index is 2.19. The van der Waals surface area contributed by atoms with Crippen molar-refractivity contribution in [3.8, 4) is 6.07 Å². The predicted octanol–water partition coefficient (Wildman–Crippen LogP) is 4.63. The summed E-state index contributed by atoms with van der Waals surface area (Å²) in [5, 5.41) is 11.7. The van der Waals surface area contributed by atoms with E-state index in [0.29, 0.717) is 5.69 Å². The second-order valence-electron chi connectivity index (χ2n) is 5.69.